The highest BCUT2D eigenvalue weighted by atomic mass is 79.9. The van der Waals surface area contributed by atoms with Gasteiger partial charge in [-0.2, -0.15) is 0 Å². The number of aliphatic hydroxyl groups excluding tert-OH is 1. The van der Waals surface area contributed by atoms with Gasteiger partial charge in [0.2, 0.25) is 0 Å². The maximum atomic E-state index is 13.9. The summed E-state index contributed by atoms with van der Waals surface area (Å²) in [4.78, 5) is 0. The maximum absolute atomic E-state index is 13.9. The molecule has 1 atom stereocenters. The normalized spacial score (nSPS) is 12.8. The molecule has 0 aliphatic heterocycles. The summed E-state index contributed by atoms with van der Waals surface area (Å²) in [6.07, 6.45) is -1.12. The molecule has 2 aromatic carbocycles. The summed E-state index contributed by atoms with van der Waals surface area (Å²) in [6, 6.07) is 12.1. The first kappa shape index (κ1) is 13.3. The van der Waals surface area contributed by atoms with E-state index in [2.05, 4.69) is 15.9 Å². The topological polar surface area (TPSA) is 33.4 Å². The van der Waals surface area contributed by atoms with Gasteiger partial charge in [0.1, 0.15) is 23.3 Å². The smallest absolute Gasteiger partial charge is 0.139 e. The Morgan fingerprint density at radius 2 is 2.00 bits per heavy atom. The molecular formula is C16H12BrFO2. The van der Waals surface area contributed by atoms with Crippen molar-refractivity contribution >= 4 is 26.9 Å². The largest absolute Gasteiger partial charge is 0.458 e. The number of aryl methyl sites for hydroxylation is 1. The molecule has 0 aliphatic rings. The number of halogens is 2. The van der Waals surface area contributed by atoms with Gasteiger partial charge < -0.3 is 9.52 Å². The minimum Gasteiger partial charge on any atom is -0.458 e. The van der Waals surface area contributed by atoms with E-state index in [-0.39, 0.29) is 5.56 Å². The fraction of sp³-hybridized carbons (Fsp3) is 0.125. The predicted octanol–water partition coefficient (Wildman–Crippen LogP) is 4.72. The van der Waals surface area contributed by atoms with Gasteiger partial charge in [-0.3, -0.25) is 0 Å². The minimum absolute atomic E-state index is 0.199. The third-order valence-corrected chi connectivity index (χ3v) is 3.78. The van der Waals surface area contributed by atoms with E-state index in [1.165, 1.54) is 6.07 Å². The monoisotopic (exact) mass is 334 g/mol. The van der Waals surface area contributed by atoms with E-state index in [1.54, 1.807) is 18.2 Å². The second-order valence-electron chi connectivity index (χ2n) is 4.71. The third-order valence-electron chi connectivity index (χ3n) is 3.29. The summed E-state index contributed by atoms with van der Waals surface area (Å²) in [6.45, 7) is 1.93. The Morgan fingerprint density at radius 1 is 1.20 bits per heavy atom. The Bertz CT molecular complexity index is 779. The van der Waals surface area contributed by atoms with Crippen molar-refractivity contribution in [3.63, 3.8) is 0 Å². The van der Waals surface area contributed by atoms with Gasteiger partial charge in [0.05, 0.1) is 0 Å². The van der Waals surface area contributed by atoms with Crippen LogP contribution in [0.3, 0.4) is 0 Å². The van der Waals surface area contributed by atoms with Crippen molar-refractivity contribution in [2.75, 3.05) is 0 Å². The van der Waals surface area contributed by atoms with Crippen LogP contribution >= 0.6 is 15.9 Å². The highest BCUT2D eigenvalue weighted by Crippen LogP contribution is 2.31. The average molecular weight is 335 g/mol. The summed E-state index contributed by atoms with van der Waals surface area (Å²) in [7, 11) is 0. The first-order chi connectivity index (χ1) is 9.56. The second kappa shape index (κ2) is 5.04. The van der Waals surface area contributed by atoms with E-state index in [0.717, 1.165) is 16.5 Å². The Morgan fingerprint density at radius 3 is 2.70 bits per heavy atom. The van der Waals surface area contributed by atoms with Crippen molar-refractivity contribution in [1.29, 1.82) is 0 Å². The molecule has 0 saturated heterocycles. The van der Waals surface area contributed by atoms with Gasteiger partial charge in [-0.15, -0.1) is 0 Å². The summed E-state index contributed by atoms with van der Waals surface area (Å²) >= 11 is 3.19. The van der Waals surface area contributed by atoms with Crippen LogP contribution in [0.25, 0.3) is 11.0 Å². The Balaban J connectivity index is 2.08. The molecule has 3 aromatic rings. The molecule has 1 aromatic heterocycles. The lowest BCUT2D eigenvalue weighted by molar-refractivity contribution is 0.187. The number of aliphatic hydroxyl groups is 1. The lowest BCUT2D eigenvalue weighted by atomic mass is 10.1. The molecule has 1 heterocycles. The molecule has 3 rings (SSSR count). The van der Waals surface area contributed by atoms with Crippen molar-refractivity contribution in [1.82, 2.24) is 0 Å². The van der Waals surface area contributed by atoms with Crippen LogP contribution in [0.15, 0.2) is 51.4 Å². The van der Waals surface area contributed by atoms with E-state index < -0.39 is 11.9 Å². The van der Waals surface area contributed by atoms with Gasteiger partial charge in [0.15, 0.2) is 0 Å². The van der Waals surface area contributed by atoms with Gasteiger partial charge in [-0.1, -0.05) is 40.2 Å². The summed E-state index contributed by atoms with van der Waals surface area (Å²) < 4.78 is 20.2. The predicted molar refractivity (Wildman–Crippen MR) is 79.1 cm³/mol. The third kappa shape index (κ3) is 2.25. The van der Waals surface area contributed by atoms with Crippen LogP contribution in [0, 0.1) is 12.7 Å². The molecule has 2 nitrogen and oxygen atoms in total. The zero-order chi connectivity index (χ0) is 14.3. The number of hydrogen-bond acceptors (Lipinski definition) is 2. The van der Waals surface area contributed by atoms with Crippen molar-refractivity contribution in [2.45, 2.75) is 13.0 Å². The van der Waals surface area contributed by atoms with Crippen LogP contribution in [0.5, 0.6) is 0 Å². The maximum Gasteiger partial charge on any atom is 0.139 e. The zero-order valence-electron chi connectivity index (χ0n) is 10.7. The van der Waals surface area contributed by atoms with E-state index >= 15 is 0 Å². The summed E-state index contributed by atoms with van der Waals surface area (Å²) in [5.74, 6) is -0.125. The lowest BCUT2D eigenvalue weighted by Crippen LogP contribution is -2.01. The summed E-state index contributed by atoms with van der Waals surface area (Å²) in [5, 5.41) is 11.2. The van der Waals surface area contributed by atoms with Crippen molar-refractivity contribution in [3.8, 4) is 0 Å². The molecule has 4 heteroatoms. The van der Waals surface area contributed by atoms with Crippen molar-refractivity contribution in [2.24, 2.45) is 0 Å². The number of hydrogen-bond donors (Lipinski definition) is 1. The van der Waals surface area contributed by atoms with E-state index in [9.17, 15) is 9.50 Å². The standard InChI is InChI=1S/C16H12BrFO2/c1-9-3-2-4-10-7-14(20-16(9)10)15(19)12-6-5-11(17)8-13(12)18/h2-8,15,19H,1H3. The number of furan rings is 1. The van der Waals surface area contributed by atoms with Crippen LogP contribution in [0.2, 0.25) is 0 Å². The van der Waals surface area contributed by atoms with Gasteiger partial charge in [-0.25, -0.2) is 4.39 Å². The van der Waals surface area contributed by atoms with Crippen LogP contribution in [-0.2, 0) is 0 Å². The molecule has 0 saturated carbocycles. The molecule has 0 amide bonds. The first-order valence-corrected chi connectivity index (χ1v) is 6.97. The molecule has 102 valence electrons. The number of para-hydroxylation sites is 1. The molecule has 1 unspecified atom stereocenters. The zero-order valence-corrected chi connectivity index (χ0v) is 12.3. The molecule has 20 heavy (non-hydrogen) atoms. The molecular weight excluding hydrogens is 323 g/mol. The fourth-order valence-electron chi connectivity index (χ4n) is 2.24. The van der Waals surface area contributed by atoms with Crippen molar-refractivity contribution in [3.05, 3.63) is 69.6 Å². The molecule has 1 N–H and O–H groups in total. The lowest BCUT2D eigenvalue weighted by Gasteiger charge is -2.09. The number of rotatable bonds is 2. The summed E-state index contributed by atoms with van der Waals surface area (Å²) in [5.41, 5.74) is 1.90. The molecule has 0 spiro atoms. The quantitative estimate of drug-likeness (QED) is 0.735. The van der Waals surface area contributed by atoms with Gasteiger partial charge in [0.25, 0.3) is 0 Å². The first-order valence-electron chi connectivity index (χ1n) is 6.18. The highest BCUT2D eigenvalue weighted by Gasteiger charge is 2.19. The van der Waals surface area contributed by atoms with E-state index in [1.807, 2.05) is 25.1 Å². The molecule has 0 radical (unpaired) electrons. The SMILES string of the molecule is Cc1cccc2cc(C(O)c3ccc(Br)cc3F)oc12. The van der Waals surface area contributed by atoms with Gasteiger partial charge in [-0.05, 0) is 30.7 Å². The fourth-order valence-corrected chi connectivity index (χ4v) is 2.57. The van der Waals surface area contributed by atoms with Crippen LogP contribution < -0.4 is 0 Å². The number of benzene rings is 2. The average Bonchev–Trinajstić information content (AvgIpc) is 2.83. The minimum atomic E-state index is -1.12. The molecule has 0 bridgehead atoms. The van der Waals surface area contributed by atoms with E-state index in [0.29, 0.717) is 10.2 Å². The molecule has 0 fully saturated rings. The van der Waals surface area contributed by atoms with Crippen molar-refractivity contribution < 1.29 is 13.9 Å². The van der Waals surface area contributed by atoms with Crippen LogP contribution in [0.4, 0.5) is 4.39 Å². The van der Waals surface area contributed by atoms with E-state index in [4.69, 9.17) is 4.42 Å². The molecule has 0 aliphatic carbocycles. The van der Waals surface area contributed by atoms with Crippen LogP contribution in [0.1, 0.15) is 23.0 Å². The Labute approximate surface area is 124 Å². The van der Waals surface area contributed by atoms with Crippen LogP contribution in [-0.4, -0.2) is 5.11 Å². The second-order valence-corrected chi connectivity index (χ2v) is 5.63. The van der Waals surface area contributed by atoms with Gasteiger partial charge in [0, 0.05) is 15.4 Å². The van der Waals surface area contributed by atoms with Gasteiger partial charge >= 0.3 is 0 Å². The Hall–Kier alpha value is -1.65. The number of fused-ring (bicyclic) bond motifs is 1. The Kier molecular flexibility index (Phi) is 3.36. The highest BCUT2D eigenvalue weighted by molar-refractivity contribution is 9.10.